The highest BCUT2D eigenvalue weighted by Crippen LogP contribution is 2.26. The predicted molar refractivity (Wildman–Crippen MR) is 64.6 cm³/mol. The van der Waals surface area contributed by atoms with Crippen LogP contribution in [-0.2, 0) is 14.1 Å². The molecule has 0 aromatic heterocycles. The number of rotatable bonds is 6. The van der Waals surface area contributed by atoms with Crippen LogP contribution in [0.2, 0.25) is 6.32 Å². The number of hydrogen-bond donors (Lipinski definition) is 2. The summed E-state index contributed by atoms with van der Waals surface area (Å²) in [5.41, 5.74) is -1.84. The van der Waals surface area contributed by atoms with E-state index in [0.717, 1.165) is 0 Å². The molecule has 17 heavy (non-hydrogen) atoms. The zero-order chi connectivity index (χ0) is 13.1. The van der Waals surface area contributed by atoms with Gasteiger partial charge >= 0.3 is 7.12 Å². The van der Waals surface area contributed by atoms with E-state index in [1.165, 1.54) is 0 Å². The van der Waals surface area contributed by atoms with Crippen molar-refractivity contribution in [1.29, 1.82) is 0 Å². The van der Waals surface area contributed by atoms with Crippen molar-refractivity contribution in [1.82, 2.24) is 0 Å². The summed E-state index contributed by atoms with van der Waals surface area (Å²) in [6, 6.07) is 0. The molecule has 1 aliphatic heterocycles. The zero-order valence-electron chi connectivity index (χ0n) is 11.1. The second-order valence-electron chi connectivity index (χ2n) is 5.39. The van der Waals surface area contributed by atoms with Crippen molar-refractivity contribution in [3.63, 3.8) is 0 Å². The predicted octanol–water partition coefficient (Wildman–Crippen LogP) is 0.796. The van der Waals surface area contributed by atoms with Gasteiger partial charge in [-0.05, 0) is 40.4 Å². The molecule has 0 bridgehead atoms. The van der Waals surface area contributed by atoms with Gasteiger partial charge in [-0.25, -0.2) is 0 Å². The summed E-state index contributed by atoms with van der Waals surface area (Å²) in [6.45, 7) is 8.02. The van der Waals surface area contributed by atoms with Crippen LogP contribution in [0, 0.1) is 0 Å². The van der Waals surface area contributed by atoms with Crippen molar-refractivity contribution in [3.05, 3.63) is 0 Å². The molecule has 5 nitrogen and oxygen atoms in total. The largest absolute Gasteiger partial charge is 0.454 e. The number of hydrogen-bond acceptors (Lipinski definition) is 5. The average Bonchev–Trinajstić information content (AvgIpc) is 2.64. The van der Waals surface area contributed by atoms with Crippen molar-refractivity contribution in [3.8, 4) is 0 Å². The van der Waals surface area contributed by atoms with E-state index in [2.05, 4.69) is 0 Å². The summed E-state index contributed by atoms with van der Waals surface area (Å²) < 4.78 is 16.0. The Morgan fingerprint density at radius 3 is 2.24 bits per heavy atom. The summed E-state index contributed by atoms with van der Waals surface area (Å²) in [5, 5.41) is 19.7. The summed E-state index contributed by atoms with van der Waals surface area (Å²) in [7, 11) is -0.927. The third-order valence-electron chi connectivity index (χ3n) is 3.24. The highest BCUT2D eigenvalue weighted by molar-refractivity contribution is 6.42. The van der Waals surface area contributed by atoms with Crippen LogP contribution in [-0.4, -0.2) is 48.0 Å². The molecule has 1 aliphatic rings. The number of ether oxygens (including phenoxy) is 2. The van der Waals surface area contributed by atoms with Gasteiger partial charge in [0.05, 0.1) is 24.4 Å². The Morgan fingerprint density at radius 1 is 1.24 bits per heavy atom. The van der Waals surface area contributed by atoms with Gasteiger partial charge < -0.3 is 24.3 Å². The normalized spacial score (nSPS) is 18.7. The van der Waals surface area contributed by atoms with Crippen molar-refractivity contribution in [2.45, 2.75) is 57.9 Å². The lowest BCUT2D eigenvalue weighted by molar-refractivity contribution is -0.101. The van der Waals surface area contributed by atoms with Gasteiger partial charge in [-0.2, -0.15) is 0 Å². The number of aliphatic hydroxyl groups is 1. The van der Waals surface area contributed by atoms with Crippen LogP contribution in [0.15, 0.2) is 0 Å². The smallest absolute Gasteiger partial charge is 0.427 e. The molecule has 2 N–H and O–H groups in total. The van der Waals surface area contributed by atoms with E-state index in [9.17, 15) is 10.1 Å². The molecule has 1 heterocycles. The van der Waals surface area contributed by atoms with Crippen LogP contribution < -0.4 is 0 Å². The first-order valence-corrected chi connectivity index (χ1v) is 6.04. The molecule has 0 unspecified atom stereocenters. The molecule has 0 radical (unpaired) electrons. The molecule has 0 spiro atoms. The second kappa shape index (κ2) is 5.67. The van der Waals surface area contributed by atoms with Gasteiger partial charge in [-0.1, -0.05) is 0 Å². The van der Waals surface area contributed by atoms with Crippen molar-refractivity contribution < 1.29 is 24.3 Å². The minimum Gasteiger partial charge on any atom is -0.427 e. The fourth-order valence-electron chi connectivity index (χ4n) is 1.40. The van der Waals surface area contributed by atoms with Crippen LogP contribution in [0.1, 0.15) is 34.1 Å². The zero-order valence-corrected chi connectivity index (χ0v) is 11.1. The topological polar surface area (TPSA) is 68.2 Å². The fourth-order valence-corrected chi connectivity index (χ4v) is 1.40. The van der Waals surface area contributed by atoms with E-state index in [-0.39, 0.29) is 6.29 Å². The Hall–Kier alpha value is -0.135. The van der Waals surface area contributed by atoms with E-state index in [1.54, 1.807) is 27.7 Å². The molecule has 0 aliphatic carbocycles. The molecular weight excluding hydrogens is 223 g/mol. The van der Waals surface area contributed by atoms with Crippen LogP contribution in [0.25, 0.3) is 0 Å². The maximum absolute atomic E-state index is 9.89. The molecule has 100 valence electrons. The maximum atomic E-state index is 9.89. The minimum atomic E-state index is -1.02. The molecular formula is C11H23BO5. The van der Waals surface area contributed by atoms with E-state index in [4.69, 9.17) is 14.1 Å². The molecule has 0 amide bonds. The fraction of sp³-hybridized carbons (Fsp3) is 1.00. The molecule has 1 fully saturated rings. The molecule has 0 aromatic rings. The van der Waals surface area contributed by atoms with Crippen LogP contribution in [0.3, 0.4) is 0 Å². The van der Waals surface area contributed by atoms with Crippen molar-refractivity contribution in [2.24, 2.45) is 0 Å². The first-order chi connectivity index (χ1) is 7.72. The SMILES string of the molecule is CC(C)(O)C(C)(C)OB(O)CCC1OCCO1. The lowest BCUT2D eigenvalue weighted by Crippen LogP contribution is -2.50. The third kappa shape index (κ3) is 4.56. The molecule has 0 aromatic carbocycles. The maximum Gasteiger partial charge on any atom is 0.454 e. The van der Waals surface area contributed by atoms with E-state index in [0.29, 0.717) is 26.0 Å². The van der Waals surface area contributed by atoms with Crippen molar-refractivity contribution in [2.75, 3.05) is 13.2 Å². The monoisotopic (exact) mass is 246 g/mol. The Kier molecular flexibility index (Phi) is 4.98. The van der Waals surface area contributed by atoms with Gasteiger partial charge in [0.25, 0.3) is 0 Å². The first kappa shape index (κ1) is 14.9. The first-order valence-electron chi connectivity index (χ1n) is 6.04. The summed E-state index contributed by atoms with van der Waals surface area (Å²) >= 11 is 0. The highest BCUT2D eigenvalue weighted by Gasteiger charge is 2.39. The highest BCUT2D eigenvalue weighted by atomic mass is 16.7. The van der Waals surface area contributed by atoms with E-state index in [1.807, 2.05) is 0 Å². The average molecular weight is 246 g/mol. The Balaban J connectivity index is 2.30. The van der Waals surface area contributed by atoms with Crippen LogP contribution >= 0.6 is 0 Å². The molecule has 0 saturated carbocycles. The quantitative estimate of drug-likeness (QED) is 0.678. The van der Waals surface area contributed by atoms with Crippen molar-refractivity contribution >= 4 is 7.12 Å². The molecule has 0 atom stereocenters. The second-order valence-corrected chi connectivity index (χ2v) is 5.39. The van der Waals surface area contributed by atoms with Gasteiger partial charge in [0, 0.05) is 0 Å². The lowest BCUT2D eigenvalue weighted by atomic mass is 9.79. The lowest BCUT2D eigenvalue weighted by Gasteiger charge is -2.38. The van der Waals surface area contributed by atoms with Gasteiger partial charge in [0.15, 0.2) is 6.29 Å². The molecule has 1 saturated heterocycles. The van der Waals surface area contributed by atoms with Gasteiger partial charge in [0.2, 0.25) is 0 Å². The minimum absolute atomic E-state index is 0.238. The Bertz CT molecular complexity index is 233. The summed E-state index contributed by atoms with van der Waals surface area (Å²) in [4.78, 5) is 0. The van der Waals surface area contributed by atoms with Gasteiger partial charge in [-0.15, -0.1) is 0 Å². The summed E-state index contributed by atoms with van der Waals surface area (Å²) in [6.07, 6.45) is 0.770. The Labute approximate surface area is 103 Å². The molecule has 1 rings (SSSR count). The standard InChI is InChI=1S/C11H23BO5/c1-10(2,13)11(3,4)17-12(14)6-5-9-15-7-8-16-9/h9,13-14H,5-8H2,1-4H3. The van der Waals surface area contributed by atoms with Gasteiger partial charge in [0.1, 0.15) is 0 Å². The third-order valence-corrected chi connectivity index (χ3v) is 3.24. The van der Waals surface area contributed by atoms with Crippen LogP contribution in [0.4, 0.5) is 0 Å². The Morgan fingerprint density at radius 2 is 1.76 bits per heavy atom. The summed E-state index contributed by atoms with van der Waals surface area (Å²) in [5.74, 6) is 0. The van der Waals surface area contributed by atoms with Crippen LogP contribution in [0.5, 0.6) is 0 Å². The van der Waals surface area contributed by atoms with E-state index >= 15 is 0 Å². The van der Waals surface area contributed by atoms with E-state index < -0.39 is 18.3 Å². The molecule has 6 heteroatoms. The van der Waals surface area contributed by atoms with Gasteiger partial charge in [-0.3, -0.25) is 0 Å².